The molecule has 3 aromatic rings. The van der Waals surface area contributed by atoms with Gasteiger partial charge in [0.2, 0.25) is 0 Å². The van der Waals surface area contributed by atoms with Crippen LogP contribution in [0.15, 0.2) is 65.4 Å². The number of anilines is 2. The molecule has 0 atom stereocenters. The lowest BCUT2D eigenvalue weighted by atomic mass is 9.94. The summed E-state index contributed by atoms with van der Waals surface area (Å²) < 4.78 is 1.85. The Bertz CT molecular complexity index is 1120. The predicted molar refractivity (Wildman–Crippen MR) is 116 cm³/mol. The lowest BCUT2D eigenvalue weighted by molar-refractivity contribution is 0.768. The van der Waals surface area contributed by atoms with Crippen molar-refractivity contribution < 1.29 is 0 Å². The van der Waals surface area contributed by atoms with E-state index in [2.05, 4.69) is 72.5 Å². The first kappa shape index (κ1) is 17.0. The Labute approximate surface area is 165 Å². The molecule has 2 aliphatic heterocycles. The smallest absolute Gasteiger partial charge is 0.0613 e. The molecular formula is C24H24N4. The molecule has 0 fully saturated rings. The first-order valence-electron chi connectivity index (χ1n) is 9.81. The molecule has 0 radical (unpaired) electrons. The number of hydrogen-bond acceptors (Lipinski definition) is 3. The number of hydrogen-bond donors (Lipinski definition) is 0. The summed E-state index contributed by atoms with van der Waals surface area (Å²) in [7, 11) is 1.96. The Morgan fingerprint density at radius 3 is 2.54 bits per heavy atom. The molecule has 0 unspecified atom stereocenters. The molecule has 0 bridgehead atoms. The maximum absolute atomic E-state index is 4.73. The van der Waals surface area contributed by atoms with E-state index in [1.807, 2.05) is 17.9 Å². The van der Waals surface area contributed by atoms with E-state index in [9.17, 15) is 0 Å². The van der Waals surface area contributed by atoms with Crippen LogP contribution in [0, 0.1) is 6.92 Å². The van der Waals surface area contributed by atoms with E-state index in [1.54, 1.807) is 0 Å². The first-order valence-corrected chi connectivity index (χ1v) is 9.81. The van der Waals surface area contributed by atoms with E-state index in [0.717, 1.165) is 30.8 Å². The Morgan fingerprint density at radius 2 is 1.79 bits per heavy atom. The summed E-state index contributed by atoms with van der Waals surface area (Å²) >= 11 is 0. The molecule has 3 heterocycles. The van der Waals surface area contributed by atoms with Gasteiger partial charge in [-0.2, -0.15) is 5.10 Å². The number of allylic oxidation sites excluding steroid dienone is 1. The number of nitrogens with zero attached hydrogens (tertiary/aromatic N) is 4. The second-order valence-electron chi connectivity index (χ2n) is 7.75. The van der Waals surface area contributed by atoms with Crippen LogP contribution in [0.4, 0.5) is 11.4 Å². The fourth-order valence-corrected chi connectivity index (χ4v) is 4.29. The zero-order valence-electron chi connectivity index (χ0n) is 16.6. The average molecular weight is 368 g/mol. The van der Waals surface area contributed by atoms with Gasteiger partial charge in [-0.15, -0.1) is 0 Å². The fraction of sp³-hybridized carbons (Fsp3) is 0.250. The van der Waals surface area contributed by atoms with E-state index in [-0.39, 0.29) is 0 Å². The number of aromatic nitrogens is 2. The quantitative estimate of drug-likeness (QED) is 0.625. The lowest BCUT2D eigenvalue weighted by Gasteiger charge is -2.26. The van der Waals surface area contributed by atoms with E-state index in [1.165, 1.54) is 39.2 Å². The Morgan fingerprint density at radius 1 is 0.964 bits per heavy atom. The van der Waals surface area contributed by atoms with Crippen molar-refractivity contribution in [3.63, 3.8) is 0 Å². The van der Waals surface area contributed by atoms with Crippen LogP contribution in [0.3, 0.4) is 0 Å². The van der Waals surface area contributed by atoms with Crippen LogP contribution in [-0.2, 0) is 7.05 Å². The number of aryl methyl sites for hydroxylation is 2. The molecule has 4 heteroatoms. The third kappa shape index (κ3) is 2.76. The highest BCUT2D eigenvalue weighted by molar-refractivity contribution is 6.27. The van der Waals surface area contributed by atoms with Crippen LogP contribution < -0.4 is 4.90 Å². The molecule has 0 spiro atoms. The zero-order chi connectivity index (χ0) is 19.3. The van der Waals surface area contributed by atoms with Crippen molar-refractivity contribution in [1.29, 1.82) is 0 Å². The molecule has 5 rings (SSSR count). The third-order valence-corrected chi connectivity index (χ3v) is 5.80. The van der Waals surface area contributed by atoms with Crippen molar-refractivity contribution >= 4 is 22.7 Å². The molecule has 0 saturated carbocycles. The molecule has 140 valence electrons. The van der Waals surface area contributed by atoms with Gasteiger partial charge in [-0.1, -0.05) is 29.8 Å². The van der Waals surface area contributed by atoms with Gasteiger partial charge in [-0.05, 0) is 49.6 Å². The highest BCUT2D eigenvalue weighted by Gasteiger charge is 2.27. The van der Waals surface area contributed by atoms with Crippen molar-refractivity contribution in [1.82, 2.24) is 9.78 Å². The van der Waals surface area contributed by atoms with Gasteiger partial charge in [0, 0.05) is 53.6 Å². The number of benzene rings is 2. The van der Waals surface area contributed by atoms with E-state index < -0.39 is 0 Å². The van der Waals surface area contributed by atoms with Gasteiger partial charge in [-0.25, -0.2) is 0 Å². The van der Waals surface area contributed by atoms with Crippen LogP contribution >= 0.6 is 0 Å². The minimum atomic E-state index is 0.840. The lowest BCUT2D eigenvalue weighted by Crippen LogP contribution is -2.19. The monoisotopic (exact) mass is 368 g/mol. The highest BCUT2D eigenvalue weighted by Crippen LogP contribution is 2.42. The summed E-state index contributed by atoms with van der Waals surface area (Å²) in [4.78, 5) is 7.18. The van der Waals surface area contributed by atoms with Crippen LogP contribution in [0.25, 0.3) is 16.7 Å². The predicted octanol–water partition coefficient (Wildman–Crippen LogP) is 5.17. The van der Waals surface area contributed by atoms with Crippen LogP contribution in [0.1, 0.15) is 24.5 Å². The van der Waals surface area contributed by atoms with Gasteiger partial charge in [0.15, 0.2) is 0 Å². The van der Waals surface area contributed by atoms with Crippen LogP contribution in [0.5, 0.6) is 0 Å². The molecule has 1 aromatic heterocycles. The summed E-state index contributed by atoms with van der Waals surface area (Å²) in [6, 6.07) is 15.6. The Hall–Kier alpha value is -3.14. The van der Waals surface area contributed by atoms with Gasteiger partial charge in [-0.3, -0.25) is 9.67 Å². The number of fused-ring (bicyclic) bond motifs is 2. The molecule has 4 nitrogen and oxygen atoms in total. The number of rotatable bonds is 2. The second kappa shape index (κ2) is 6.48. The molecule has 28 heavy (non-hydrogen) atoms. The molecule has 0 N–H and O–H groups in total. The minimum Gasteiger partial charge on any atom is -0.341 e. The van der Waals surface area contributed by atoms with Gasteiger partial charge in [0.1, 0.15) is 0 Å². The van der Waals surface area contributed by atoms with Crippen molar-refractivity contribution in [2.24, 2.45) is 12.0 Å². The molecule has 2 aliphatic rings. The summed E-state index contributed by atoms with van der Waals surface area (Å²) in [5.41, 5.74) is 11.4. The Balaban J connectivity index is 1.69. The van der Waals surface area contributed by atoms with Gasteiger partial charge in [0.25, 0.3) is 0 Å². The summed E-state index contributed by atoms with van der Waals surface area (Å²) in [5.74, 6) is 0. The van der Waals surface area contributed by atoms with E-state index in [4.69, 9.17) is 4.99 Å². The summed E-state index contributed by atoms with van der Waals surface area (Å²) in [6.45, 7) is 6.08. The summed E-state index contributed by atoms with van der Waals surface area (Å²) in [6.07, 6.45) is 5.05. The average Bonchev–Trinajstić information content (AvgIpc) is 3.24. The molecule has 0 amide bonds. The van der Waals surface area contributed by atoms with Crippen molar-refractivity contribution in [2.75, 3.05) is 18.0 Å². The molecular weight excluding hydrogens is 344 g/mol. The maximum atomic E-state index is 4.73. The van der Waals surface area contributed by atoms with Crippen LogP contribution in [-0.4, -0.2) is 28.6 Å². The Kier molecular flexibility index (Phi) is 3.93. The molecule has 0 aliphatic carbocycles. The maximum Gasteiger partial charge on any atom is 0.0613 e. The first-order chi connectivity index (χ1) is 13.6. The van der Waals surface area contributed by atoms with Crippen molar-refractivity contribution in [2.45, 2.75) is 20.3 Å². The molecule has 0 saturated heterocycles. The largest absolute Gasteiger partial charge is 0.341 e. The summed E-state index contributed by atoms with van der Waals surface area (Å²) in [5, 5.41) is 4.35. The topological polar surface area (TPSA) is 33.4 Å². The highest BCUT2D eigenvalue weighted by atomic mass is 15.2. The third-order valence-electron chi connectivity index (χ3n) is 5.80. The SMILES string of the molecule is CC1=NCC2=C1c1ccc(-c3cnn(C)c3)cc1N(c1ccc(C)cc1)CC2. The standard InChI is InChI=1S/C24H24N4/c1-16-4-7-21(8-5-16)28-11-10-19-13-25-17(2)24(19)22-9-6-18(12-23(22)28)20-14-26-27(3)15-20/h4-9,12,14-15H,10-11,13H2,1-3H3. The second-order valence-corrected chi connectivity index (χ2v) is 7.75. The molecule has 2 aromatic carbocycles. The number of aliphatic imine (C=N–C) groups is 1. The van der Waals surface area contributed by atoms with Crippen LogP contribution in [0.2, 0.25) is 0 Å². The van der Waals surface area contributed by atoms with Crippen molar-refractivity contribution in [3.8, 4) is 11.1 Å². The normalized spacial score (nSPS) is 16.0. The van der Waals surface area contributed by atoms with Gasteiger partial charge >= 0.3 is 0 Å². The van der Waals surface area contributed by atoms with E-state index >= 15 is 0 Å². The fourth-order valence-electron chi connectivity index (χ4n) is 4.29. The van der Waals surface area contributed by atoms with Gasteiger partial charge in [0.05, 0.1) is 12.7 Å². The van der Waals surface area contributed by atoms with Gasteiger partial charge < -0.3 is 4.90 Å². The minimum absolute atomic E-state index is 0.840. The van der Waals surface area contributed by atoms with E-state index in [0.29, 0.717) is 0 Å². The zero-order valence-corrected chi connectivity index (χ0v) is 16.6. The van der Waals surface area contributed by atoms with Crippen molar-refractivity contribution in [3.05, 3.63) is 71.6 Å².